The summed E-state index contributed by atoms with van der Waals surface area (Å²) in [6.45, 7) is 7.16. The fraction of sp³-hybridized carbons (Fsp3) is 0.812. The van der Waals surface area contributed by atoms with Crippen molar-refractivity contribution in [2.75, 3.05) is 39.5 Å². The van der Waals surface area contributed by atoms with E-state index < -0.39 is 0 Å². The van der Waals surface area contributed by atoms with E-state index in [-0.39, 0.29) is 0 Å². The molecule has 0 radical (unpaired) electrons. The van der Waals surface area contributed by atoms with Gasteiger partial charge in [-0.05, 0) is 32.6 Å². The Kier molecular flexibility index (Phi) is 7.60. The van der Waals surface area contributed by atoms with Crippen molar-refractivity contribution in [3.8, 4) is 0 Å². The van der Waals surface area contributed by atoms with Crippen LogP contribution in [0, 0.1) is 5.92 Å². The molecule has 0 aromatic heterocycles. The summed E-state index contributed by atoms with van der Waals surface area (Å²) >= 11 is 0. The molecule has 0 amide bonds. The van der Waals surface area contributed by atoms with Crippen LogP contribution in [0.15, 0.2) is 17.1 Å². The van der Waals surface area contributed by atoms with Gasteiger partial charge in [0.05, 0.1) is 13.2 Å². The van der Waals surface area contributed by atoms with Gasteiger partial charge in [0.15, 0.2) is 5.96 Å². The fourth-order valence-corrected chi connectivity index (χ4v) is 2.57. The van der Waals surface area contributed by atoms with Crippen molar-refractivity contribution in [3.05, 3.63) is 12.2 Å². The van der Waals surface area contributed by atoms with Crippen LogP contribution < -0.4 is 10.6 Å². The van der Waals surface area contributed by atoms with Crippen LogP contribution in [0.1, 0.15) is 32.6 Å². The van der Waals surface area contributed by atoms with Crippen LogP contribution in [0.5, 0.6) is 0 Å². The van der Waals surface area contributed by atoms with Crippen LogP contribution in [0.3, 0.4) is 0 Å². The Morgan fingerprint density at radius 2 is 2.24 bits per heavy atom. The van der Waals surface area contributed by atoms with Gasteiger partial charge in [0.1, 0.15) is 0 Å². The number of hydrogen-bond acceptors (Lipinski definition) is 3. The van der Waals surface area contributed by atoms with Gasteiger partial charge in [-0.15, -0.1) is 0 Å². The Morgan fingerprint density at radius 3 is 2.95 bits per heavy atom. The van der Waals surface area contributed by atoms with Crippen molar-refractivity contribution in [2.45, 2.75) is 38.6 Å². The summed E-state index contributed by atoms with van der Waals surface area (Å²) in [5, 5.41) is 6.77. The van der Waals surface area contributed by atoms with Gasteiger partial charge in [-0.2, -0.15) is 0 Å². The predicted octanol–water partition coefficient (Wildman–Crippen LogP) is 1.70. The van der Waals surface area contributed by atoms with E-state index in [1.54, 1.807) is 0 Å². The summed E-state index contributed by atoms with van der Waals surface area (Å²) < 4.78 is 11.0. The monoisotopic (exact) mass is 295 g/mol. The van der Waals surface area contributed by atoms with Gasteiger partial charge in [-0.25, -0.2) is 0 Å². The lowest BCUT2D eigenvalue weighted by Crippen LogP contribution is -2.42. The number of ether oxygens (including phenoxy) is 2. The zero-order valence-corrected chi connectivity index (χ0v) is 13.1. The van der Waals surface area contributed by atoms with Crippen LogP contribution in [-0.2, 0) is 9.47 Å². The van der Waals surface area contributed by atoms with Crippen LogP contribution in [-0.4, -0.2) is 51.5 Å². The van der Waals surface area contributed by atoms with E-state index in [4.69, 9.17) is 9.47 Å². The van der Waals surface area contributed by atoms with E-state index in [1.807, 2.05) is 0 Å². The van der Waals surface area contributed by atoms with Crippen molar-refractivity contribution in [1.82, 2.24) is 10.6 Å². The number of aliphatic imine (C=N–C) groups is 1. The van der Waals surface area contributed by atoms with Crippen LogP contribution >= 0.6 is 0 Å². The minimum absolute atomic E-state index is 0.501. The van der Waals surface area contributed by atoms with Crippen molar-refractivity contribution in [1.29, 1.82) is 0 Å². The molecule has 120 valence electrons. The molecule has 1 heterocycles. The van der Waals surface area contributed by atoms with E-state index in [0.29, 0.717) is 12.0 Å². The number of guanidine groups is 1. The van der Waals surface area contributed by atoms with E-state index >= 15 is 0 Å². The predicted molar refractivity (Wildman–Crippen MR) is 85.6 cm³/mol. The highest BCUT2D eigenvalue weighted by Crippen LogP contribution is 2.12. The molecule has 21 heavy (non-hydrogen) atoms. The van der Waals surface area contributed by atoms with Gasteiger partial charge in [0.2, 0.25) is 0 Å². The van der Waals surface area contributed by atoms with Crippen LogP contribution in [0.4, 0.5) is 0 Å². The van der Waals surface area contributed by atoms with Crippen molar-refractivity contribution in [2.24, 2.45) is 10.9 Å². The first-order chi connectivity index (χ1) is 10.4. The van der Waals surface area contributed by atoms with E-state index in [2.05, 4.69) is 34.7 Å². The first-order valence-corrected chi connectivity index (χ1v) is 8.23. The van der Waals surface area contributed by atoms with E-state index in [0.717, 1.165) is 71.2 Å². The molecule has 1 aliphatic heterocycles. The maximum Gasteiger partial charge on any atom is 0.191 e. The Balaban J connectivity index is 1.55. The average molecular weight is 295 g/mol. The summed E-state index contributed by atoms with van der Waals surface area (Å²) in [7, 11) is 0. The Bertz CT molecular complexity index is 330. The molecule has 0 spiro atoms. The first-order valence-electron chi connectivity index (χ1n) is 8.23. The maximum atomic E-state index is 5.69. The smallest absolute Gasteiger partial charge is 0.191 e. The third-order valence-corrected chi connectivity index (χ3v) is 3.79. The molecule has 5 nitrogen and oxygen atoms in total. The molecule has 0 saturated carbocycles. The highest BCUT2D eigenvalue weighted by molar-refractivity contribution is 5.80. The number of hydrogen-bond donors (Lipinski definition) is 2. The quantitative estimate of drug-likeness (QED) is 0.310. The lowest BCUT2D eigenvalue weighted by Gasteiger charge is -2.16. The molecular weight excluding hydrogens is 266 g/mol. The molecule has 1 unspecified atom stereocenters. The van der Waals surface area contributed by atoms with Gasteiger partial charge in [-0.3, -0.25) is 4.99 Å². The third-order valence-electron chi connectivity index (χ3n) is 3.79. The molecule has 1 saturated heterocycles. The molecule has 2 N–H and O–H groups in total. The minimum Gasteiger partial charge on any atom is -0.381 e. The second-order valence-electron chi connectivity index (χ2n) is 5.70. The highest BCUT2D eigenvalue weighted by Gasteiger charge is 2.15. The van der Waals surface area contributed by atoms with Crippen LogP contribution in [0.2, 0.25) is 0 Å². The lowest BCUT2D eigenvalue weighted by atomic mass is 10.1. The molecule has 2 aliphatic rings. The van der Waals surface area contributed by atoms with Gasteiger partial charge in [0, 0.05) is 38.3 Å². The minimum atomic E-state index is 0.501. The molecule has 1 aliphatic carbocycles. The molecule has 0 aromatic rings. The van der Waals surface area contributed by atoms with Gasteiger partial charge in [0.25, 0.3) is 0 Å². The third kappa shape index (κ3) is 6.48. The van der Waals surface area contributed by atoms with Crippen molar-refractivity contribution >= 4 is 5.96 Å². The Morgan fingerprint density at radius 1 is 1.38 bits per heavy atom. The summed E-state index contributed by atoms with van der Waals surface area (Å²) in [5.74, 6) is 1.53. The molecule has 1 fully saturated rings. The number of nitrogens with one attached hydrogen (secondary N) is 2. The maximum absolute atomic E-state index is 5.69. The lowest BCUT2D eigenvalue weighted by molar-refractivity contribution is 0.0893. The van der Waals surface area contributed by atoms with Gasteiger partial charge < -0.3 is 20.1 Å². The average Bonchev–Trinajstić information content (AvgIpc) is 3.16. The first kappa shape index (κ1) is 16.3. The number of nitrogens with zero attached hydrogens (tertiary/aromatic N) is 1. The standard InChI is InChI=1S/C16H29N3O2/c1-2-17-16(19-15-6-3-4-7-15)18-9-5-10-20-12-14-8-11-21-13-14/h3-4,14-15H,2,5-13H2,1H3,(H2,17,18,19). The second kappa shape index (κ2) is 9.79. The van der Waals surface area contributed by atoms with Gasteiger partial charge >= 0.3 is 0 Å². The largest absolute Gasteiger partial charge is 0.381 e. The summed E-state index contributed by atoms with van der Waals surface area (Å²) in [4.78, 5) is 4.61. The molecule has 0 bridgehead atoms. The van der Waals surface area contributed by atoms with Crippen molar-refractivity contribution in [3.63, 3.8) is 0 Å². The summed E-state index contributed by atoms with van der Waals surface area (Å²) in [5.41, 5.74) is 0. The van der Waals surface area contributed by atoms with E-state index in [9.17, 15) is 0 Å². The molecule has 5 heteroatoms. The zero-order valence-electron chi connectivity index (χ0n) is 13.1. The molecular formula is C16H29N3O2. The second-order valence-corrected chi connectivity index (χ2v) is 5.70. The fourth-order valence-electron chi connectivity index (χ4n) is 2.57. The zero-order chi connectivity index (χ0) is 14.8. The molecule has 1 atom stereocenters. The Labute approximate surface area is 128 Å². The molecule has 0 aromatic carbocycles. The molecule has 2 rings (SSSR count). The summed E-state index contributed by atoms with van der Waals surface area (Å²) in [6.07, 6.45) is 8.74. The SMILES string of the molecule is CCNC(=NCCCOCC1CCOC1)NC1CC=CC1. The van der Waals surface area contributed by atoms with Gasteiger partial charge in [-0.1, -0.05) is 12.2 Å². The summed E-state index contributed by atoms with van der Waals surface area (Å²) in [6, 6.07) is 0.501. The topological polar surface area (TPSA) is 54.9 Å². The normalized spacial score (nSPS) is 22.9. The Hall–Kier alpha value is -1.07. The van der Waals surface area contributed by atoms with E-state index in [1.165, 1.54) is 0 Å². The van der Waals surface area contributed by atoms with Crippen molar-refractivity contribution < 1.29 is 9.47 Å². The van der Waals surface area contributed by atoms with Crippen LogP contribution in [0.25, 0.3) is 0 Å². The highest BCUT2D eigenvalue weighted by atomic mass is 16.5. The number of rotatable bonds is 8.